The molecular weight excluding hydrogens is 168 g/mol. The van der Waals surface area contributed by atoms with E-state index in [0.717, 1.165) is 19.1 Å². The number of ether oxygens (including phenoxy) is 1. The van der Waals surface area contributed by atoms with Gasteiger partial charge in [0.2, 0.25) is 0 Å². The molecule has 3 nitrogen and oxygen atoms in total. The Morgan fingerprint density at radius 1 is 1.54 bits per heavy atom. The molecule has 0 N–H and O–H groups in total. The number of carbonyl (C=O) groups excluding carboxylic acids is 2. The Hall–Kier alpha value is -0.860. The molecule has 13 heavy (non-hydrogen) atoms. The van der Waals surface area contributed by atoms with Crippen molar-refractivity contribution in [1.82, 2.24) is 0 Å². The Labute approximate surface area is 77.4 Å². The van der Waals surface area contributed by atoms with Gasteiger partial charge in [-0.15, -0.1) is 0 Å². The summed E-state index contributed by atoms with van der Waals surface area (Å²) in [6, 6.07) is 0. The second-order valence-corrected chi connectivity index (χ2v) is 3.90. The summed E-state index contributed by atoms with van der Waals surface area (Å²) in [5, 5.41) is 0. The molecule has 2 rings (SSSR count). The Morgan fingerprint density at radius 3 is 2.92 bits per heavy atom. The van der Waals surface area contributed by atoms with Crippen LogP contribution in [0.15, 0.2) is 0 Å². The molecule has 2 aliphatic carbocycles. The largest absolute Gasteiger partial charge is 0.466 e. The normalized spacial score (nSPS) is 41.0. The number of rotatable bonds is 3. The third kappa shape index (κ3) is 1.26. The van der Waals surface area contributed by atoms with E-state index in [1.54, 1.807) is 0 Å². The maximum absolute atomic E-state index is 11.3. The summed E-state index contributed by atoms with van der Waals surface area (Å²) in [6.45, 7) is 2.26. The second kappa shape index (κ2) is 3.13. The summed E-state index contributed by atoms with van der Waals surface area (Å²) in [5.74, 6) is 0.846. The number of aldehydes is 1. The van der Waals surface area contributed by atoms with Crippen molar-refractivity contribution in [2.24, 2.45) is 23.7 Å². The van der Waals surface area contributed by atoms with Crippen molar-refractivity contribution in [3.05, 3.63) is 0 Å². The van der Waals surface area contributed by atoms with Crippen LogP contribution in [0.1, 0.15) is 19.8 Å². The molecule has 0 aromatic heterocycles. The maximum Gasteiger partial charge on any atom is 0.309 e. The minimum atomic E-state index is -0.0935. The lowest BCUT2D eigenvalue weighted by atomic mass is 10.0. The van der Waals surface area contributed by atoms with Crippen LogP contribution in [0.4, 0.5) is 0 Å². The molecule has 0 unspecified atom stereocenters. The molecule has 0 aromatic rings. The van der Waals surface area contributed by atoms with Gasteiger partial charge in [-0.05, 0) is 31.6 Å². The molecule has 0 amide bonds. The van der Waals surface area contributed by atoms with Gasteiger partial charge in [0.1, 0.15) is 6.29 Å². The fraction of sp³-hybridized carbons (Fsp3) is 0.800. The van der Waals surface area contributed by atoms with Crippen LogP contribution in [0, 0.1) is 23.7 Å². The Bertz CT molecular complexity index is 236. The predicted octanol–water partition coefficient (Wildman–Crippen LogP) is 1.02. The lowest BCUT2D eigenvalue weighted by molar-refractivity contribution is -0.145. The molecule has 2 saturated carbocycles. The van der Waals surface area contributed by atoms with Gasteiger partial charge in [-0.1, -0.05) is 0 Å². The number of carbonyl (C=O) groups is 2. The first-order chi connectivity index (χ1) is 6.29. The summed E-state index contributed by atoms with van der Waals surface area (Å²) in [6.07, 6.45) is 3.00. The van der Waals surface area contributed by atoms with Crippen LogP contribution in [0.25, 0.3) is 0 Å². The van der Waals surface area contributed by atoms with Gasteiger partial charge in [0, 0.05) is 5.92 Å². The van der Waals surface area contributed by atoms with E-state index in [0.29, 0.717) is 18.4 Å². The van der Waals surface area contributed by atoms with E-state index in [1.807, 2.05) is 6.92 Å². The molecular formula is C10H14O3. The minimum Gasteiger partial charge on any atom is -0.466 e. The molecule has 0 saturated heterocycles. The zero-order valence-corrected chi connectivity index (χ0v) is 7.73. The van der Waals surface area contributed by atoms with Crippen molar-refractivity contribution in [2.75, 3.05) is 6.61 Å². The van der Waals surface area contributed by atoms with Crippen LogP contribution in [0.3, 0.4) is 0 Å². The number of fused-ring (bicyclic) bond motifs is 1. The lowest BCUT2D eigenvalue weighted by Crippen LogP contribution is -2.13. The smallest absolute Gasteiger partial charge is 0.309 e. The van der Waals surface area contributed by atoms with Gasteiger partial charge in [0.15, 0.2) is 0 Å². The van der Waals surface area contributed by atoms with E-state index in [4.69, 9.17) is 4.74 Å². The van der Waals surface area contributed by atoms with Gasteiger partial charge < -0.3 is 9.53 Å². The van der Waals surface area contributed by atoms with E-state index in [2.05, 4.69) is 0 Å². The average molecular weight is 182 g/mol. The third-order valence-electron chi connectivity index (χ3n) is 3.29. The molecule has 0 radical (unpaired) electrons. The first-order valence-electron chi connectivity index (χ1n) is 4.91. The quantitative estimate of drug-likeness (QED) is 0.483. The van der Waals surface area contributed by atoms with Crippen molar-refractivity contribution in [3.8, 4) is 0 Å². The molecule has 72 valence electrons. The number of hydrogen-bond donors (Lipinski definition) is 0. The highest BCUT2D eigenvalue weighted by molar-refractivity contribution is 5.78. The second-order valence-electron chi connectivity index (χ2n) is 3.90. The molecule has 2 aliphatic rings. The van der Waals surface area contributed by atoms with Crippen molar-refractivity contribution in [3.63, 3.8) is 0 Å². The molecule has 0 aliphatic heterocycles. The minimum absolute atomic E-state index is 0.0453. The highest BCUT2D eigenvalue weighted by Gasteiger charge is 2.61. The van der Waals surface area contributed by atoms with E-state index >= 15 is 0 Å². The standard InChI is InChI=1S/C10H14O3/c1-2-13-10(12)9-7-4-3-6(5-11)8(7)9/h5-9H,2-4H2,1H3/t6-,7-,8-,9-/m1/s1. The molecule has 2 fully saturated rings. The first kappa shape index (κ1) is 8.73. The summed E-state index contributed by atoms with van der Waals surface area (Å²) in [4.78, 5) is 22.0. The van der Waals surface area contributed by atoms with Gasteiger partial charge in [0.25, 0.3) is 0 Å². The van der Waals surface area contributed by atoms with Crippen molar-refractivity contribution >= 4 is 12.3 Å². The fourth-order valence-electron chi connectivity index (χ4n) is 2.66. The zero-order valence-electron chi connectivity index (χ0n) is 7.73. The third-order valence-corrected chi connectivity index (χ3v) is 3.29. The lowest BCUT2D eigenvalue weighted by Gasteiger charge is -2.06. The molecule has 3 heteroatoms. The van der Waals surface area contributed by atoms with Crippen LogP contribution < -0.4 is 0 Å². The van der Waals surface area contributed by atoms with Gasteiger partial charge in [0.05, 0.1) is 12.5 Å². The van der Waals surface area contributed by atoms with E-state index in [1.165, 1.54) is 0 Å². The van der Waals surface area contributed by atoms with E-state index < -0.39 is 0 Å². The monoisotopic (exact) mass is 182 g/mol. The van der Waals surface area contributed by atoms with E-state index in [9.17, 15) is 9.59 Å². The fourth-order valence-corrected chi connectivity index (χ4v) is 2.66. The summed E-state index contributed by atoms with van der Waals surface area (Å²) >= 11 is 0. The van der Waals surface area contributed by atoms with Gasteiger partial charge in [-0.25, -0.2) is 0 Å². The molecule has 4 atom stereocenters. The van der Waals surface area contributed by atoms with Crippen LogP contribution in [0.5, 0.6) is 0 Å². The molecule has 0 aromatic carbocycles. The molecule has 0 heterocycles. The first-order valence-corrected chi connectivity index (χ1v) is 4.91. The summed E-state index contributed by atoms with van der Waals surface area (Å²) in [7, 11) is 0. The Morgan fingerprint density at radius 2 is 2.31 bits per heavy atom. The van der Waals surface area contributed by atoms with Gasteiger partial charge >= 0.3 is 5.97 Å². The highest BCUT2D eigenvalue weighted by atomic mass is 16.5. The molecule has 0 spiro atoms. The zero-order chi connectivity index (χ0) is 9.42. The highest BCUT2D eigenvalue weighted by Crippen LogP contribution is 2.60. The maximum atomic E-state index is 11.3. The van der Waals surface area contributed by atoms with Gasteiger partial charge in [-0.3, -0.25) is 4.79 Å². The van der Waals surface area contributed by atoms with Crippen molar-refractivity contribution in [2.45, 2.75) is 19.8 Å². The number of hydrogen-bond acceptors (Lipinski definition) is 3. The van der Waals surface area contributed by atoms with Crippen LogP contribution in [-0.2, 0) is 14.3 Å². The SMILES string of the molecule is CCOC(=O)[C@@H]1[C@@H]2CC[C@H](C=O)[C@H]21. The van der Waals surface area contributed by atoms with Crippen molar-refractivity contribution < 1.29 is 14.3 Å². The topological polar surface area (TPSA) is 43.4 Å². The van der Waals surface area contributed by atoms with E-state index in [-0.39, 0.29) is 17.8 Å². The van der Waals surface area contributed by atoms with Crippen molar-refractivity contribution in [1.29, 1.82) is 0 Å². The predicted molar refractivity (Wildman–Crippen MR) is 45.9 cm³/mol. The van der Waals surface area contributed by atoms with Crippen LogP contribution >= 0.6 is 0 Å². The van der Waals surface area contributed by atoms with Gasteiger partial charge in [-0.2, -0.15) is 0 Å². The van der Waals surface area contributed by atoms with Crippen LogP contribution in [0.2, 0.25) is 0 Å². The Balaban J connectivity index is 1.93. The Kier molecular flexibility index (Phi) is 2.10. The summed E-state index contributed by atoms with van der Waals surface area (Å²) in [5.41, 5.74) is 0. The molecule has 0 bridgehead atoms. The summed E-state index contributed by atoms with van der Waals surface area (Å²) < 4.78 is 4.94. The number of esters is 1. The average Bonchev–Trinajstić information content (AvgIpc) is 2.69. The van der Waals surface area contributed by atoms with Crippen LogP contribution in [-0.4, -0.2) is 18.9 Å².